The van der Waals surface area contributed by atoms with Gasteiger partial charge in [0.1, 0.15) is 13.2 Å². The minimum absolute atomic E-state index is 0.0797. The Hall–Kier alpha value is -3.67. The maximum atomic E-state index is 12.9. The van der Waals surface area contributed by atoms with Crippen LogP contribution in [0.2, 0.25) is 0 Å². The lowest BCUT2D eigenvalue weighted by Gasteiger charge is -2.18. The second kappa shape index (κ2) is 64.9. The Bertz CT molecular complexity index is 1510. The molecule has 0 aromatic carbocycles. The summed E-state index contributed by atoms with van der Waals surface area (Å²) in [5.74, 6) is -0.884. The molecule has 0 bridgehead atoms. The molecule has 1 unspecified atom stereocenters. The van der Waals surface area contributed by atoms with E-state index < -0.39 is 6.10 Å². The zero-order valence-electron chi connectivity index (χ0n) is 50.7. The van der Waals surface area contributed by atoms with Crippen LogP contribution in [0.1, 0.15) is 316 Å². The highest BCUT2D eigenvalue weighted by Crippen LogP contribution is 2.16. The molecule has 0 fully saturated rings. The molecule has 0 amide bonds. The SMILES string of the molecule is CC/C=C\C/C=C\C/C=C\C/C=C\C/C=C\C/C=C\C/C=C\CCCCCCCCCC(=O)OCC(COC(=O)CCCCCCCCCCCCCC)OC(=O)CCCCCCCCC/C=C\CCCCCCCCC. The average molecular weight is 1070 g/mol. The number of hydrogen-bond donors (Lipinski definition) is 0. The lowest BCUT2D eigenvalue weighted by atomic mass is 10.0. The van der Waals surface area contributed by atoms with Gasteiger partial charge in [0.25, 0.3) is 0 Å². The van der Waals surface area contributed by atoms with E-state index in [0.717, 1.165) is 109 Å². The quantitative estimate of drug-likeness (QED) is 0.0261. The first-order chi connectivity index (χ1) is 38.0. The molecule has 0 heterocycles. The molecule has 0 aliphatic carbocycles. The molecule has 0 saturated carbocycles. The van der Waals surface area contributed by atoms with Crippen LogP contribution in [0.3, 0.4) is 0 Å². The van der Waals surface area contributed by atoms with Gasteiger partial charge in [0.15, 0.2) is 6.10 Å². The molecule has 6 heteroatoms. The van der Waals surface area contributed by atoms with Gasteiger partial charge in [0.2, 0.25) is 0 Å². The zero-order valence-corrected chi connectivity index (χ0v) is 50.7. The Morgan fingerprint density at radius 2 is 0.506 bits per heavy atom. The maximum Gasteiger partial charge on any atom is 0.306 e. The number of esters is 3. The summed E-state index contributed by atoms with van der Waals surface area (Å²) >= 11 is 0. The van der Waals surface area contributed by atoms with E-state index in [1.807, 2.05) is 0 Å². The lowest BCUT2D eigenvalue weighted by molar-refractivity contribution is -0.167. The number of carbonyl (C=O) groups is 3. The third kappa shape index (κ3) is 63.0. The van der Waals surface area contributed by atoms with Crippen molar-refractivity contribution in [2.24, 2.45) is 0 Å². The highest BCUT2D eigenvalue weighted by molar-refractivity contribution is 5.71. The highest BCUT2D eigenvalue weighted by Gasteiger charge is 2.19. The van der Waals surface area contributed by atoms with Crippen molar-refractivity contribution >= 4 is 17.9 Å². The maximum absolute atomic E-state index is 12.9. The number of ether oxygens (including phenoxy) is 3. The van der Waals surface area contributed by atoms with Gasteiger partial charge < -0.3 is 14.2 Å². The zero-order chi connectivity index (χ0) is 55.7. The van der Waals surface area contributed by atoms with E-state index in [-0.39, 0.29) is 31.1 Å². The molecule has 0 aromatic heterocycles. The van der Waals surface area contributed by atoms with Crippen molar-refractivity contribution in [1.29, 1.82) is 0 Å². The number of carbonyl (C=O) groups excluding carboxylic acids is 3. The minimum Gasteiger partial charge on any atom is -0.462 e. The fourth-order valence-corrected chi connectivity index (χ4v) is 9.18. The van der Waals surface area contributed by atoms with E-state index in [1.54, 1.807) is 0 Å². The van der Waals surface area contributed by atoms with E-state index in [9.17, 15) is 14.4 Å². The van der Waals surface area contributed by atoms with E-state index in [1.165, 1.54) is 167 Å². The molecule has 0 spiro atoms. The molecule has 0 aliphatic heterocycles. The van der Waals surface area contributed by atoms with Crippen molar-refractivity contribution in [2.45, 2.75) is 322 Å². The van der Waals surface area contributed by atoms with Crippen molar-refractivity contribution in [3.8, 4) is 0 Å². The lowest BCUT2D eigenvalue weighted by Crippen LogP contribution is -2.30. The predicted octanol–water partition coefficient (Wildman–Crippen LogP) is 22.4. The number of hydrogen-bond acceptors (Lipinski definition) is 6. The van der Waals surface area contributed by atoms with Crippen LogP contribution in [-0.4, -0.2) is 37.2 Å². The summed E-state index contributed by atoms with van der Waals surface area (Å²) in [6.45, 7) is 6.54. The monoisotopic (exact) mass is 1070 g/mol. The van der Waals surface area contributed by atoms with Gasteiger partial charge in [-0.2, -0.15) is 0 Å². The van der Waals surface area contributed by atoms with Crippen LogP contribution in [-0.2, 0) is 28.6 Å². The molecular formula is C71H122O6. The molecule has 0 saturated heterocycles. The van der Waals surface area contributed by atoms with Crippen molar-refractivity contribution < 1.29 is 28.6 Å². The predicted molar refractivity (Wildman–Crippen MR) is 334 cm³/mol. The van der Waals surface area contributed by atoms with E-state index in [4.69, 9.17) is 14.2 Å². The Kier molecular flexibility index (Phi) is 61.8. The normalized spacial score (nSPS) is 12.7. The van der Waals surface area contributed by atoms with Gasteiger partial charge in [-0.15, -0.1) is 0 Å². The summed E-state index contributed by atoms with van der Waals surface area (Å²) < 4.78 is 16.9. The van der Waals surface area contributed by atoms with Gasteiger partial charge in [0.05, 0.1) is 0 Å². The van der Waals surface area contributed by atoms with Crippen molar-refractivity contribution in [1.82, 2.24) is 0 Å². The first-order valence-corrected chi connectivity index (χ1v) is 32.7. The topological polar surface area (TPSA) is 78.9 Å². The molecule has 0 aliphatic rings. The van der Waals surface area contributed by atoms with Crippen LogP contribution >= 0.6 is 0 Å². The van der Waals surface area contributed by atoms with Gasteiger partial charge in [0, 0.05) is 19.3 Å². The highest BCUT2D eigenvalue weighted by atomic mass is 16.6. The molecule has 0 N–H and O–H groups in total. The second-order valence-electron chi connectivity index (χ2n) is 21.6. The van der Waals surface area contributed by atoms with Crippen molar-refractivity contribution in [3.63, 3.8) is 0 Å². The van der Waals surface area contributed by atoms with Crippen LogP contribution in [0.15, 0.2) is 97.2 Å². The summed E-state index contributed by atoms with van der Waals surface area (Å²) in [5, 5.41) is 0. The Balaban J connectivity index is 4.31. The molecule has 77 heavy (non-hydrogen) atoms. The van der Waals surface area contributed by atoms with E-state index in [0.29, 0.717) is 19.3 Å². The fraction of sp³-hybridized carbons (Fsp3) is 0.732. The molecule has 6 nitrogen and oxygen atoms in total. The molecule has 1 atom stereocenters. The second-order valence-corrected chi connectivity index (χ2v) is 21.6. The van der Waals surface area contributed by atoms with Crippen LogP contribution in [0.25, 0.3) is 0 Å². The standard InChI is InChI=1S/C71H122O6/c1-4-7-10-13-16-19-22-25-27-29-31-32-33-34-35-36-37-38-39-40-41-43-44-46-49-52-55-58-61-64-70(73)76-67-68(66-75-69(72)63-60-57-54-51-48-24-21-18-15-12-9-6-3)77-71(74)65-62-59-56-53-50-47-45-42-30-28-26-23-20-17-14-11-8-5-2/h7,10,16,19,25,27-28,30-32,34-35,37-38,40-41,68H,4-6,8-9,11-15,17-18,20-24,26,29,33,36,39,42-67H2,1-3H3/b10-7-,19-16-,27-25-,30-28-,32-31-,35-34-,38-37-,41-40-. The van der Waals surface area contributed by atoms with Gasteiger partial charge in [-0.05, 0) is 103 Å². The summed E-state index contributed by atoms with van der Waals surface area (Å²) in [7, 11) is 0. The fourth-order valence-electron chi connectivity index (χ4n) is 9.18. The average Bonchev–Trinajstić information content (AvgIpc) is 3.43. The Labute approximate surface area is 477 Å². The number of unbranched alkanes of at least 4 members (excludes halogenated alkanes) is 32. The van der Waals surface area contributed by atoms with Gasteiger partial charge >= 0.3 is 17.9 Å². The number of allylic oxidation sites excluding steroid dienone is 16. The smallest absolute Gasteiger partial charge is 0.306 e. The molecule has 0 aromatic rings. The first kappa shape index (κ1) is 73.3. The summed E-state index contributed by atoms with van der Waals surface area (Å²) in [5.41, 5.74) is 0. The van der Waals surface area contributed by atoms with Gasteiger partial charge in [-0.25, -0.2) is 0 Å². The van der Waals surface area contributed by atoms with Crippen LogP contribution in [0, 0.1) is 0 Å². The van der Waals surface area contributed by atoms with Gasteiger partial charge in [-0.3, -0.25) is 14.4 Å². The molecular weight excluding hydrogens is 949 g/mol. The molecule has 442 valence electrons. The summed E-state index contributed by atoms with van der Waals surface area (Å²) in [6.07, 6.45) is 87.0. The molecule has 0 rings (SSSR count). The summed E-state index contributed by atoms with van der Waals surface area (Å²) in [6, 6.07) is 0. The van der Waals surface area contributed by atoms with Crippen molar-refractivity contribution in [3.05, 3.63) is 97.2 Å². The van der Waals surface area contributed by atoms with Crippen LogP contribution in [0.4, 0.5) is 0 Å². The Morgan fingerprint density at radius 1 is 0.273 bits per heavy atom. The van der Waals surface area contributed by atoms with E-state index in [2.05, 4.69) is 118 Å². The third-order valence-electron chi connectivity index (χ3n) is 14.1. The number of rotatable bonds is 59. The van der Waals surface area contributed by atoms with Crippen LogP contribution in [0.5, 0.6) is 0 Å². The van der Waals surface area contributed by atoms with Crippen molar-refractivity contribution in [2.75, 3.05) is 13.2 Å². The van der Waals surface area contributed by atoms with E-state index >= 15 is 0 Å². The Morgan fingerprint density at radius 3 is 0.805 bits per heavy atom. The van der Waals surface area contributed by atoms with Crippen LogP contribution < -0.4 is 0 Å². The third-order valence-corrected chi connectivity index (χ3v) is 14.1. The van der Waals surface area contributed by atoms with Gasteiger partial charge in [-0.1, -0.05) is 291 Å². The summed E-state index contributed by atoms with van der Waals surface area (Å²) in [4.78, 5) is 38.3. The largest absolute Gasteiger partial charge is 0.462 e. The first-order valence-electron chi connectivity index (χ1n) is 32.7. The molecule has 0 radical (unpaired) electrons. The minimum atomic E-state index is -0.784.